The van der Waals surface area contributed by atoms with Gasteiger partial charge in [0.05, 0.1) is 0 Å². The van der Waals surface area contributed by atoms with Gasteiger partial charge in [0.25, 0.3) is 5.91 Å². The smallest absolute Gasteiger partial charge is 0.344 e. The lowest BCUT2D eigenvalue weighted by molar-refractivity contribution is -0.155. The molecule has 0 saturated carbocycles. The van der Waals surface area contributed by atoms with Gasteiger partial charge in [-0.3, -0.25) is 4.79 Å². The van der Waals surface area contributed by atoms with E-state index in [2.05, 4.69) is 5.32 Å². The number of esters is 1. The van der Waals surface area contributed by atoms with Crippen molar-refractivity contribution in [2.24, 2.45) is 0 Å². The number of ether oxygens (including phenoxy) is 3. The average Bonchev–Trinajstić information content (AvgIpc) is 2.84. The van der Waals surface area contributed by atoms with Crippen LogP contribution in [0.1, 0.15) is 12.5 Å². The van der Waals surface area contributed by atoms with Gasteiger partial charge in [-0.25, -0.2) is 9.59 Å². The van der Waals surface area contributed by atoms with E-state index in [0.717, 1.165) is 10.9 Å². The van der Waals surface area contributed by atoms with Crippen LogP contribution in [0.3, 0.4) is 0 Å². The second-order valence-electron chi connectivity index (χ2n) is 7.76. The van der Waals surface area contributed by atoms with Crippen molar-refractivity contribution in [3.8, 4) is 17.2 Å². The summed E-state index contributed by atoms with van der Waals surface area (Å²) in [6.07, 6.45) is -1.04. The van der Waals surface area contributed by atoms with Gasteiger partial charge in [-0.15, -0.1) is 0 Å². The Hall–Kier alpha value is -4.59. The molecule has 3 aromatic carbocycles. The van der Waals surface area contributed by atoms with Gasteiger partial charge in [0.2, 0.25) is 0 Å². The number of rotatable bonds is 8. The summed E-state index contributed by atoms with van der Waals surface area (Å²) in [5, 5.41) is 3.46. The Balaban J connectivity index is 1.27. The Labute approximate surface area is 201 Å². The lowest BCUT2D eigenvalue weighted by Gasteiger charge is -2.14. The Morgan fingerprint density at radius 2 is 1.60 bits per heavy atom. The van der Waals surface area contributed by atoms with Gasteiger partial charge in [-0.1, -0.05) is 18.2 Å². The third kappa shape index (κ3) is 6.26. The van der Waals surface area contributed by atoms with Gasteiger partial charge in [0.1, 0.15) is 22.8 Å². The molecule has 35 heavy (non-hydrogen) atoms. The fraction of sp³-hybridized carbons (Fsp3) is 0.148. The largest absolute Gasteiger partial charge is 0.482 e. The molecule has 178 valence electrons. The first kappa shape index (κ1) is 23.6. The number of nitrogens with one attached hydrogen (secondary N) is 1. The molecular weight excluding hydrogens is 450 g/mol. The second-order valence-corrected chi connectivity index (χ2v) is 7.76. The summed E-state index contributed by atoms with van der Waals surface area (Å²) in [5.41, 5.74) is 1.20. The Bertz CT molecular complexity index is 1390. The zero-order valence-corrected chi connectivity index (χ0v) is 19.1. The van der Waals surface area contributed by atoms with Crippen molar-refractivity contribution >= 4 is 28.5 Å². The summed E-state index contributed by atoms with van der Waals surface area (Å²) in [6, 6.07) is 22.5. The average molecular weight is 473 g/mol. The maximum Gasteiger partial charge on any atom is 0.344 e. The molecule has 1 aromatic heterocycles. The molecule has 0 fully saturated rings. The summed E-state index contributed by atoms with van der Waals surface area (Å²) >= 11 is 0. The summed E-state index contributed by atoms with van der Waals surface area (Å²) in [5.74, 6) is 0.450. The predicted octanol–water partition coefficient (Wildman–Crippen LogP) is 4.84. The molecule has 8 heteroatoms. The molecule has 4 aromatic rings. The number of hydrogen-bond acceptors (Lipinski definition) is 7. The molecular formula is C27H23NO7. The van der Waals surface area contributed by atoms with Crippen molar-refractivity contribution in [2.75, 3.05) is 11.9 Å². The van der Waals surface area contributed by atoms with Crippen molar-refractivity contribution in [1.82, 2.24) is 0 Å². The van der Waals surface area contributed by atoms with E-state index in [-0.39, 0.29) is 0 Å². The Kier molecular flexibility index (Phi) is 7.11. The fourth-order valence-electron chi connectivity index (χ4n) is 3.30. The van der Waals surface area contributed by atoms with Crippen LogP contribution < -0.4 is 20.4 Å². The molecule has 0 bridgehead atoms. The van der Waals surface area contributed by atoms with E-state index >= 15 is 0 Å². The minimum absolute atomic E-state index is 0.332. The quantitative estimate of drug-likeness (QED) is 0.288. The van der Waals surface area contributed by atoms with Gasteiger partial charge < -0.3 is 23.9 Å². The number of carbonyl (C=O) groups excluding carboxylic acids is 2. The molecule has 0 aliphatic rings. The van der Waals surface area contributed by atoms with Crippen molar-refractivity contribution in [3.05, 3.63) is 94.8 Å². The summed E-state index contributed by atoms with van der Waals surface area (Å²) in [7, 11) is 0. The summed E-state index contributed by atoms with van der Waals surface area (Å²) in [4.78, 5) is 36.1. The fourth-order valence-corrected chi connectivity index (χ4v) is 3.30. The van der Waals surface area contributed by atoms with Crippen LogP contribution in [0.5, 0.6) is 17.2 Å². The molecule has 1 atom stereocenters. The molecule has 1 amide bonds. The van der Waals surface area contributed by atoms with Crippen molar-refractivity contribution in [3.63, 3.8) is 0 Å². The van der Waals surface area contributed by atoms with Crippen molar-refractivity contribution in [1.29, 1.82) is 0 Å². The lowest BCUT2D eigenvalue weighted by atomic mass is 10.1. The molecule has 1 heterocycles. The zero-order valence-electron chi connectivity index (χ0n) is 19.1. The molecule has 8 nitrogen and oxygen atoms in total. The van der Waals surface area contributed by atoms with Crippen LogP contribution in [0.4, 0.5) is 5.69 Å². The molecule has 0 saturated heterocycles. The highest BCUT2D eigenvalue weighted by Crippen LogP contribution is 2.23. The number of benzene rings is 3. The molecule has 4 rings (SSSR count). The number of para-hydroxylation sites is 1. The highest BCUT2D eigenvalue weighted by atomic mass is 16.6. The molecule has 0 aliphatic heterocycles. The zero-order chi connectivity index (χ0) is 24.8. The number of amides is 1. The van der Waals surface area contributed by atoms with Crippen molar-refractivity contribution < 1.29 is 28.2 Å². The number of anilines is 1. The molecule has 1 N–H and O–H groups in total. The first-order valence-corrected chi connectivity index (χ1v) is 10.9. The van der Waals surface area contributed by atoms with Gasteiger partial charge in [-0.05, 0) is 67.9 Å². The molecule has 0 radical (unpaired) electrons. The van der Waals surface area contributed by atoms with E-state index in [4.69, 9.17) is 18.6 Å². The lowest BCUT2D eigenvalue weighted by Crippen LogP contribution is -2.31. The van der Waals surface area contributed by atoms with E-state index in [9.17, 15) is 14.4 Å². The topological polar surface area (TPSA) is 104 Å². The summed E-state index contributed by atoms with van der Waals surface area (Å²) < 4.78 is 21.5. The van der Waals surface area contributed by atoms with Crippen LogP contribution >= 0.6 is 0 Å². The minimum atomic E-state index is -1.04. The highest BCUT2D eigenvalue weighted by molar-refractivity contribution is 5.95. The summed E-state index contributed by atoms with van der Waals surface area (Å²) in [6.45, 7) is 2.86. The van der Waals surface area contributed by atoms with E-state index in [1.54, 1.807) is 43.3 Å². The van der Waals surface area contributed by atoms with E-state index in [1.165, 1.54) is 19.1 Å². The van der Waals surface area contributed by atoms with E-state index in [1.807, 2.05) is 30.3 Å². The predicted molar refractivity (Wildman–Crippen MR) is 130 cm³/mol. The maximum absolute atomic E-state index is 12.4. The van der Waals surface area contributed by atoms with Crippen LogP contribution in [0.15, 0.2) is 88.1 Å². The Morgan fingerprint density at radius 1 is 0.914 bits per heavy atom. The van der Waals surface area contributed by atoms with E-state index in [0.29, 0.717) is 28.5 Å². The standard InChI is InChI=1S/C27H23NO7/c1-17-14-25(29)35-24-15-22(12-13-23(17)24)32-16-26(30)33-18(2)27(31)28-19-8-10-21(11-9-19)34-20-6-4-3-5-7-20/h3-15,18H,16H2,1-2H3,(H,28,31). The normalized spacial score (nSPS) is 11.5. The first-order chi connectivity index (χ1) is 16.9. The van der Waals surface area contributed by atoms with Gasteiger partial charge in [-0.2, -0.15) is 0 Å². The van der Waals surface area contributed by atoms with Crippen LogP contribution in [-0.2, 0) is 14.3 Å². The number of hydrogen-bond donors (Lipinski definition) is 1. The minimum Gasteiger partial charge on any atom is -0.482 e. The third-order valence-corrected chi connectivity index (χ3v) is 5.06. The third-order valence-electron chi connectivity index (χ3n) is 5.06. The Morgan fingerprint density at radius 3 is 2.34 bits per heavy atom. The number of aryl methyl sites for hydroxylation is 1. The van der Waals surface area contributed by atoms with Crippen LogP contribution in [0, 0.1) is 6.92 Å². The first-order valence-electron chi connectivity index (χ1n) is 10.9. The maximum atomic E-state index is 12.4. The van der Waals surface area contributed by atoms with Gasteiger partial charge in [0.15, 0.2) is 12.7 Å². The van der Waals surface area contributed by atoms with Crippen LogP contribution in [0.2, 0.25) is 0 Å². The van der Waals surface area contributed by atoms with Gasteiger partial charge >= 0.3 is 11.6 Å². The molecule has 0 aliphatic carbocycles. The van der Waals surface area contributed by atoms with Crippen LogP contribution in [0.25, 0.3) is 11.0 Å². The molecule has 1 unspecified atom stereocenters. The van der Waals surface area contributed by atoms with E-state index < -0.39 is 30.2 Å². The number of fused-ring (bicyclic) bond motifs is 1. The van der Waals surface area contributed by atoms with Crippen LogP contribution in [-0.4, -0.2) is 24.6 Å². The number of carbonyl (C=O) groups is 2. The molecule has 0 spiro atoms. The highest BCUT2D eigenvalue weighted by Gasteiger charge is 2.18. The second kappa shape index (κ2) is 10.6. The monoisotopic (exact) mass is 473 g/mol. The SMILES string of the molecule is Cc1cc(=O)oc2cc(OCC(=O)OC(C)C(=O)Nc3ccc(Oc4ccccc4)cc3)ccc12. The van der Waals surface area contributed by atoms with Gasteiger partial charge in [0, 0.05) is 23.2 Å². The van der Waals surface area contributed by atoms with Crippen molar-refractivity contribution in [2.45, 2.75) is 20.0 Å².